The summed E-state index contributed by atoms with van der Waals surface area (Å²) < 4.78 is 0. The van der Waals surface area contributed by atoms with Crippen molar-refractivity contribution < 1.29 is 0 Å². The van der Waals surface area contributed by atoms with Crippen molar-refractivity contribution in [2.45, 2.75) is 84.2 Å². The fourth-order valence-corrected chi connectivity index (χ4v) is 3.90. The van der Waals surface area contributed by atoms with Crippen molar-refractivity contribution in [3.05, 3.63) is 16.1 Å². The molecule has 114 valence electrons. The molecule has 0 spiro atoms. The Morgan fingerprint density at radius 3 is 2.45 bits per heavy atom. The van der Waals surface area contributed by atoms with E-state index in [1.807, 2.05) is 11.3 Å². The van der Waals surface area contributed by atoms with Gasteiger partial charge in [0.05, 0.1) is 5.01 Å². The van der Waals surface area contributed by atoms with Crippen LogP contribution in [0.25, 0.3) is 0 Å². The van der Waals surface area contributed by atoms with Crippen molar-refractivity contribution >= 4 is 11.3 Å². The molecule has 1 fully saturated rings. The van der Waals surface area contributed by atoms with Gasteiger partial charge in [-0.3, -0.25) is 0 Å². The molecular weight excluding hydrogens is 264 g/mol. The monoisotopic (exact) mass is 294 g/mol. The maximum Gasteiger partial charge on any atom is 0.0981 e. The van der Waals surface area contributed by atoms with Gasteiger partial charge in [0.25, 0.3) is 0 Å². The Morgan fingerprint density at radius 2 is 1.90 bits per heavy atom. The van der Waals surface area contributed by atoms with Crippen LogP contribution in [0.1, 0.15) is 76.1 Å². The number of rotatable bonds is 4. The Morgan fingerprint density at radius 1 is 1.25 bits per heavy atom. The predicted octanol–water partition coefficient (Wildman–Crippen LogP) is 4.89. The molecule has 1 atom stereocenters. The maximum absolute atomic E-state index is 4.57. The second-order valence-electron chi connectivity index (χ2n) is 7.30. The first kappa shape index (κ1) is 16.0. The average molecular weight is 295 g/mol. The topological polar surface area (TPSA) is 24.9 Å². The van der Waals surface area contributed by atoms with Crippen LogP contribution in [-0.4, -0.2) is 11.0 Å². The lowest BCUT2D eigenvalue weighted by molar-refractivity contribution is 0.337. The van der Waals surface area contributed by atoms with E-state index in [1.165, 1.54) is 48.4 Å². The second-order valence-corrected chi connectivity index (χ2v) is 8.42. The van der Waals surface area contributed by atoms with Crippen molar-refractivity contribution in [3.63, 3.8) is 0 Å². The highest BCUT2D eigenvalue weighted by Gasteiger charge is 2.20. The number of hydrogen-bond donors (Lipinski definition) is 1. The first-order chi connectivity index (χ1) is 9.47. The summed E-state index contributed by atoms with van der Waals surface area (Å²) in [6, 6.07) is 0.633. The second kappa shape index (κ2) is 7.04. The third kappa shape index (κ3) is 4.56. The summed E-state index contributed by atoms with van der Waals surface area (Å²) in [5, 5.41) is 4.98. The summed E-state index contributed by atoms with van der Waals surface area (Å²) in [6.07, 6.45) is 10.6. The van der Waals surface area contributed by atoms with Gasteiger partial charge in [-0.05, 0) is 25.7 Å². The molecule has 1 N–H and O–H groups in total. The van der Waals surface area contributed by atoms with Crippen LogP contribution < -0.4 is 5.32 Å². The summed E-state index contributed by atoms with van der Waals surface area (Å²) in [5.74, 6) is 0.868. The van der Waals surface area contributed by atoms with E-state index in [9.17, 15) is 0 Å². The van der Waals surface area contributed by atoms with E-state index in [-0.39, 0.29) is 5.41 Å². The average Bonchev–Trinajstić information content (AvgIpc) is 2.70. The van der Waals surface area contributed by atoms with Crippen molar-refractivity contribution in [2.24, 2.45) is 5.92 Å². The van der Waals surface area contributed by atoms with Gasteiger partial charge in [0.1, 0.15) is 0 Å². The van der Waals surface area contributed by atoms with Gasteiger partial charge in [-0.15, -0.1) is 11.3 Å². The lowest BCUT2D eigenvalue weighted by Gasteiger charge is -2.23. The number of nitrogens with one attached hydrogen (secondary N) is 1. The van der Waals surface area contributed by atoms with Gasteiger partial charge in [-0.25, -0.2) is 4.98 Å². The van der Waals surface area contributed by atoms with Gasteiger partial charge < -0.3 is 5.32 Å². The van der Waals surface area contributed by atoms with E-state index in [2.05, 4.69) is 44.2 Å². The molecular formula is C17H30N2S. The van der Waals surface area contributed by atoms with Crippen molar-refractivity contribution in [3.8, 4) is 0 Å². The summed E-state index contributed by atoms with van der Waals surface area (Å²) in [6.45, 7) is 10.0. The lowest BCUT2D eigenvalue weighted by Crippen LogP contribution is -2.32. The Bertz CT molecular complexity index is 397. The molecule has 0 bridgehead atoms. The zero-order valence-corrected chi connectivity index (χ0v) is 14.4. The third-order valence-corrected chi connectivity index (χ3v) is 5.82. The minimum atomic E-state index is 0.176. The standard InChI is InChI=1S/C17H30N2S/c1-13(14-9-7-5-6-8-10-14)18-11-15-12-19-16(20-15)17(2,3)4/h12-14,18H,5-11H2,1-4H3/t13-/m1/s1. The third-order valence-electron chi connectivity index (χ3n) is 4.40. The van der Waals surface area contributed by atoms with E-state index in [0.717, 1.165) is 12.5 Å². The number of thiazole rings is 1. The van der Waals surface area contributed by atoms with Crippen LogP contribution in [0.15, 0.2) is 6.20 Å². The van der Waals surface area contributed by atoms with Crippen molar-refractivity contribution in [2.75, 3.05) is 0 Å². The molecule has 1 heterocycles. The van der Waals surface area contributed by atoms with Crippen LogP contribution >= 0.6 is 11.3 Å². The molecule has 2 rings (SSSR count). The number of hydrogen-bond acceptors (Lipinski definition) is 3. The quantitative estimate of drug-likeness (QED) is 0.800. The summed E-state index contributed by atoms with van der Waals surface area (Å²) in [4.78, 5) is 5.94. The van der Waals surface area contributed by atoms with E-state index < -0.39 is 0 Å². The molecule has 3 heteroatoms. The van der Waals surface area contributed by atoms with Crippen LogP contribution in [0, 0.1) is 5.92 Å². The fourth-order valence-electron chi connectivity index (χ4n) is 2.98. The largest absolute Gasteiger partial charge is 0.309 e. The minimum Gasteiger partial charge on any atom is -0.309 e. The Labute approximate surface area is 128 Å². The first-order valence-corrected chi connectivity index (χ1v) is 8.97. The highest BCUT2D eigenvalue weighted by Crippen LogP contribution is 2.28. The molecule has 1 aliphatic carbocycles. The zero-order valence-electron chi connectivity index (χ0n) is 13.5. The fraction of sp³-hybridized carbons (Fsp3) is 0.824. The van der Waals surface area contributed by atoms with Gasteiger partial charge in [-0.2, -0.15) is 0 Å². The van der Waals surface area contributed by atoms with Gasteiger partial charge in [0.15, 0.2) is 0 Å². The molecule has 0 aromatic carbocycles. The van der Waals surface area contributed by atoms with E-state index >= 15 is 0 Å². The Hall–Kier alpha value is -0.410. The molecule has 2 nitrogen and oxygen atoms in total. The normalized spacial score (nSPS) is 19.8. The summed E-state index contributed by atoms with van der Waals surface area (Å²) in [7, 11) is 0. The molecule has 0 amide bonds. The molecule has 0 unspecified atom stereocenters. The summed E-state index contributed by atoms with van der Waals surface area (Å²) >= 11 is 1.86. The van der Waals surface area contributed by atoms with Crippen LogP contribution in [0.3, 0.4) is 0 Å². The van der Waals surface area contributed by atoms with Crippen LogP contribution in [0.4, 0.5) is 0 Å². The summed E-state index contributed by atoms with van der Waals surface area (Å²) in [5.41, 5.74) is 0.176. The molecule has 1 aliphatic rings. The molecule has 0 aliphatic heterocycles. The van der Waals surface area contributed by atoms with Crippen LogP contribution in [-0.2, 0) is 12.0 Å². The molecule has 0 radical (unpaired) electrons. The highest BCUT2D eigenvalue weighted by atomic mass is 32.1. The van der Waals surface area contributed by atoms with Crippen molar-refractivity contribution in [1.82, 2.24) is 10.3 Å². The first-order valence-electron chi connectivity index (χ1n) is 8.15. The zero-order chi connectivity index (χ0) is 14.6. The molecule has 1 aromatic rings. The molecule has 1 saturated carbocycles. The van der Waals surface area contributed by atoms with Gasteiger partial charge >= 0.3 is 0 Å². The van der Waals surface area contributed by atoms with E-state index in [0.29, 0.717) is 6.04 Å². The van der Waals surface area contributed by atoms with Crippen LogP contribution in [0.5, 0.6) is 0 Å². The van der Waals surface area contributed by atoms with E-state index in [1.54, 1.807) is 0 Å². The predicted molar refractivity (Wildman–Crippen MR) is 88.3 cm³/mol. The molecule has 20 heavy (non-hydrogen) atoms. The molecule has 1 aromatic heterocycles. The Kier molecular flexibility index (Phi) is 5.62. The van der Waals surface area contributed by atoms with Crippen LogP contribution in [0.2, 0.25) is 0 Å². The molecule has 0 saturated heterocycles. The Balaban J connectivity index is 1.83. The van der Waals surface area contributed by atoms with Gasteiger partial charge in [-0.1, -0.05) is 46.5 Å². The number of aromatic nitrogens is 1. The van der Waals surface area contributed by atoms with Gasteiger partial charge in [0.2, 0.25) is 0 Å². The minimum absolute atomic E-state index is 0.176. The van der Waals surface area contributed by atoms with Crippen molar-refractivity contribution in [1.29, 1.82) is 0 Å². The van der Waals surface area contributed by atoms with Gasteiger partial charge in [0, 0.05) is 29.1 Å². The van der Waals surface area contributed by atoms with E-state index in [4.69, 9.17) is 0 Å². The SMILES string of the molecule is C[C@@H](NCc1cnc(C(C)(C)C)s1)C1CCCCCC1. The number of nitrogens with zero attached hydrogens (tertiary/aromatic N) is 1. The smallest absolute Gasteiger partial charge is 0.0981 e. The maximum atomic E-state index is 4.57. The highest BCUT2D eigenvalue weighted by molar-refractivity contribution is 7.11. The lowest BCUT2D eigenvalue weighted by atomic mass is 9.93.